The van der Waals surface area contributed by atoms with Crippen molar-refractivity contribution in [2.45, 2.75) is 19.4 Å². The number of rotatable bonds is 1. The molecule has 1 N–H and O–H groups in total. The van der Waals surface area contributed by atoms with Crippen molar-refractivity contribution >= 4 is 9.41 Å². The number of aliphatic imine (C=N–C) groups is 1. The van der Waals surface area contributed by atoms with Crippen LogP contribution in [0.1, 0.15) is 13.8 Å². The van der Waals surface area contributed by atoms with E-state index < -0.39 is 5.60 Å². The number of hydrogen-bond donors (Lipinski definition) is 1. The van der Waals surface area contributed by atoms with Crippen LogP contribution in [0.15, 0.2) is 29.3 Å². The van der Waals surface area contributed by atoms with Crippen LogP contribution < -0.4 is 21.2 Å². The Balaban J connectivity index is 2.37. The monoisotopic (exact) mass is 288 g/mol. The Hall–Kier alpha value is -0.420. The molecule has 0 bridgehead atoms. The van der Waals surface area contributed by atoms with Crippen LogP contribution in [0.3, 0.4) is 0 Å². The maximum absolute atomic E-state index is 9.79. The molecular weight excluding hydrogens is 277 g/mol. The summed E-state index contributed by atoms with van der Waals surface area (Å²) < 4.78 is 2.28. The van der Waals surface area contributed by atoms with Crippen LogP contribution in [0.5, 0.6) is 0 Å². The predicted molar refractivity (Wildman–Crippen MR) is 48.5 cm³/mol. The van der Waals surface area contributed by atoms with E-state index in [-0.39, 0.29) is 21.2 Å². The van der Waals surface area contributed by atoms with Crippen LogP contribution in [-0.4, -0.2) is 14.4 Å². The van der Waals surface area contributed by atoms with E-state index in [9.17, 15) is 5.11 Å². The second kappa shape index (κ2) is 3.06. The molecule has 3 heteroatoms. The standard InChI is InChI=1S/C10H11INO/c1-10(2,13)9-11-7-5-3-4-6-8(7)12-9/h3-6,13H,1-2H3/q-1. The average Bonchev–Trinajstić information content (AvgIpc) is 2.45. The third-order valence-electron chi connectivity index (χ3n) is 1.77. The van der Waals surface area contributed by atoms with E-state index in [0.29, 0.717) is 0 Å². The van der Waals surface area contributed by atoms with Crippen LogP contribution in [-0.2, 0) is 0 Å². The summed E-state index contributed by atoms with van der Waals surface area (Å²) in [7, 11) is 0. The van der Waals surface area contributed by atoms with Crippen molar-refractivity contribution in [3.8, 4) is 0 Å². The number of benzene rings is 1. The third kappa shape index (κ3) is 1.76. The summed E-state index contributed by atoms with van der Waals surface area (Å²) >= 11 is -0.233. The summed E-state index contributed by atoms with van der Waals surface area (Å²) in [5.41, 5.74) is 0.305. The zero-order valence-corrected chi connectivity index (χ0v) is 9.74. The van der Waals surface area contributed by atoms with E-state index >= 15 is 0 Å². The van der Waals surface area contributed by atoms with E-state index in [1.165, 1.54) is 3.57 Å². The van der Waals surface area contributed by atoms with Gasteiger partial charge < -0.3 is 0 Å². The molecule has 1 aliphatic heterocycles. The van der Waals surface area contributed by atoms with Crippen LogP contribution in [0.25, 0.3) is 0 Å². The van der Waals surface area contributed by atoms with Crippen molar-refractivity contribution in [1.29, 1.82) is 0 Å². The summed E-state index contributed by atoms with van der Waals surface area (Å²) in [4.78, 5) is 4.44. The van der Waals surface area contributed by atoms with Crippen molar-refractivity contribution in [3.05, 3.63) is 27.8 Å². The minimum atomic E-state index is -0.744. The van der Waals surface area contributed by atoms with Crippen LogP contribution in [0.2, 0.25) is 0 Å². The van der Waals surface area contributed by atoms with Gasteiger partial charge in [0.1, 0.15) is 0 Å². The third-order valence-corrected chi connectivity index (χ3v) is 5.33. The number of aliphatic hydroxyl groups is 1. The first-order chi connectivity index (χ1) is 6.07. The molecule has 0 saturated carbocycles. The van der Waals surface area contributed by atoms with Gasteiger partial charge in [-0.3, -0.25) is 0 Å². The molecule has 0 fully saturated rings. The molecule has 1 aliphatic rings. The number of nitrogens with zero attached hydrogens (tertiary/aromatic N) is 1. The van der Waals surface area contributed by atoms with Crippen LogP contribution >= 0.6 is 0 Å². The Bertz CT molecular complexity index is 365. The van der Waals surface area contributed by atoms with Gasteiger partial charge in [-0.1, -0.05) is 0 Å². The molecule has 13 heavy (non-hydrogen) atoms. The summed E-state index contributed by atoms with van der Waals surface area (Å²) in [6.07, 6.45) is 0. The van der Waals surface area contributed by atoms with Gasteiger partial charge in [-0.2, -0.15) is 0 Å². The molecule has 70 valence electrons. The Kier molecular flexibility index (Phi) is 2.15. The van der Waals surface area contributed by atoms with Gasteiger partial charge in [0.2, 0.25) is 0 Å². The van der Waals surface area contributed by atoms with Crippen molar-refractivity contribution in [1.82, 2.24) is 0 Å². The first-order valence-corrected chi connectivity index (χ1v) is 6.28. The molecule has 1 heterocycles. The fourth-order valence-corrected chi connectivity index (χ4v) is 3.65. The molecule has 1 aromatic rings. The first kappa shape index (κ1) is 9.15. The molecule has 0 atom stereocenters. The van der Waals surface area contributed by atoms with Gasteiger partial charge in [0.15, 0.2) is 0 Å². The summed E-state index contributed by atoms with van der Waals surface area (Å²) in [5.74, 6) is 0. The summed E-state index contributed by atoms with van der Waals surface area (Å²) in [5, 5.41) is 9.79. The maximum atomic E-state index is 9.79. The second-order valence-electron chi connectivity index (χ2n) is 3.51. The Labute approximate surface area is 88.0 Å². The van der Waals surface area contributed by atoms with Gasteiger partial charge in [0.25, 0.3) is 0 Å². The van der Waals surface area contributed by atoms with E-state index in [2.05, 4.69) is 11.1 Å². The fourth-order valence-electron chi connectivity index (χ4n) is 1.10. The van der Waals surface area contributed by atoms with Gasteiger partial charge in [-0.25, -0.2) is 0 Å². The molecule has 0 aliphatic carbocycles. The Morgan fingerprint density at radius 2 is 2.00 bits per heavy atom. The number of para-hydroxylation sites is 1. The van der Waals surface area contributed by atoms with Crippen molar-refractivity contribution in [3.63, 3.8) is 0 Å². The van der Waals surface area contributed by atoms with Gasteiger partial charge in [0, 0.05) is 0 Å². The van der Waals surface area contributed by atoms with Gasteiger partial charge in [-0.05, 0) is 0 Å². The normalized spacial score (nSPS) is 16.1. The SMILES string of the molecule is CC(C)(O)C1=Nc2ccccc2[I-]1. The Morgan fingerprint density at radius 1 is 1.31 bits per heavy atom. The first-order valence-electron chi connectivity index (χ1n) is 4.13. The second-order valence-corrected chi connectivity index (χ2v) is 6.23. The fraction of sp³-hybridized carbons (Fsp3) is 0.300. The van der Waals surface area contributed by atoms with Gasteiger partial charge in [-0.15, -0.1) is 0 Å². The zero-order valence-electron chi connectivity index (χ0n) is 7.58. The molecule has 2 rings (SSSR count). The molecule has 0 unspecified atom stereocenters. The van der Waals surface area contributed by atoms with Crippen molar-refractivity contribution in [2.24, 2.45) is 4.99 Å². The zero-order chi connectivity index (χ0) is 9.47. The van der Waals surface area contributed by atoms with Crippen molar-refractivity contribution < 1.29 is 26.3 Å². The van der Waals surface area contributed by atoms with E-state index in [4.69, 9.17) is 0 Å². The predicted octanol–water partition coefficient (Wildman–Crippen LogP) is -1.24. The number of fused-ring (bicyclic) bond motifs is 1. The Morgan fingerprint density at radius 3 is 2.62 bits per heavy atom. The minimum absolute atomic E-state index is 0.233. The molecule has 0 radical (unpaired) electrons. The molecule has 1 aromatic carbocycles. The van der Waals surface area contributed by atoms with Gasteiger partial charge >= 0.3 is 88.0 Å². The topological polar surface area (TPSA) is 32.6 Å². The molecule has 0 spiro atoms. The number of halogens is 1. The van der Waals surface area contributed by atoms with E-state index in [0.717, 1.165) is 9.41 Å². The molecule has 0 amide bonds. The molecule has 2 nitrogen and oxygen atoms in total. The van der Waals surface area contributed by atoms with Crippen molar-refractivity contribution in [2.75, 3.05) is 0 Å². The molecular formula is C10H11INO-. The van der Waals surface area contributed by atoms with E-state index in [1.54, 1.807) is 13.8 Å². The summed E-state index contributed by atoms with van der Waals surface area (Å²) in [6.45, 7) is 3.61. The van der Waals surface area contributed by atoms with Gasteiger partial charge in [0.05, 0.1) is 0 Å². The number of hydrogen-bond acceptors (Lipinski definition) is 2. The molecule has 0 saturated heterocycles. The quantitative estimate of drug-likeness (QED) is 0.644. The molecule has 0 aromatic heterocycles. The van der Waals surface area contributed by atoms with Crippen LogP contribution in [0, 0.1) is 3.57 Å². The van der Waals surface area contributed by atoms with E-state index in [1.807, 2.05) is 18.2 Å². The van der Waals surface area contributed by atoms with Crippen LogP contribution in [0.4, 0.5) is 5.69 Å². The summed E-state index contributed by atoms with van der Waals surface area (Å²) in [6, 6.07) is 8.12. The average molecular weight is 288 g/mol.